The van der Waals surface area contributed by atoms with E-state index in [0.29, 0.717) is 28.3 Å². The van der Waals surface area contributed by atoms with Gasteiger partial charge < -0.3 is 19.5 Å². The SMILES string of the molecule is COC(=O)c1ccccc1N/C=C/C(=O)c1ccc(OC)c(OC)c1. The summed E-state index contributed by atoms with van der Waals surface area (Å²) in [6.07, 6.45) is 2.84. The molecule has 0 fully saturated rings. The van der Waals surface area contributed by atoms with Gasteiger partial charge in [-0.25, -0.2) is 4.79 Å². The van der Waals surface area contributed by atoms with Gasteiger partial charge in [-0.1, -0.05) is 12.1 Å². The number of nitrogens with one attached hydrogen (secondary N) is 1. The molecule has 1 N–H and O–H groups in total. The average molecular weight is 341 g/mol. The summed E-state index contributed by atoms with van der Waals surface area (Å²) in [4.78, 5) is 24.0. The number of benzene rings is 2. The molecule has 0 amide bonds. The maximum Gasteiger partial charge on any atom is 0.339 e. The second-order valence-corrected chi connectivity index (χ2v) is 4.95. The van der Waals surface area contributed by atoms with Gasteiger partial charge in [0.1, 0.15) is 0 Å². The smallest absolute Gasteiger partial charge is 0.339 e. The van der Waals surface area contributed by atoms with Gasteiger partial charge in [-0.3, -0.25) is 4.79 Å². The van der Waals surface area contributed by atoms with E-state index in [0.717, 1.165) is 0 Å². The van der Waals surface area contributed by atoms with Gasteiger partial charge in [-0.05, 0) is 30.3 Å². The predicted octanol–water partition coefficient (Wildman–Crippen LogP) is 3.30. The molecule has 0 bridgehead atoms. The van der Waals surface area contributed by atoms with E-state index in [1.165, 1.54) is 33.6 Å². The number of methoxy groups -OCH3 is 3. The quantitative estimate of drug-likeness (QED) is 0.473. The number of carbonyl (C=O) groups excluding carboxylic acids is 2. The molecular weight excluding hydrogens is 322 g/mol. The summed E-state index contributed by atoms with van der Waals surface area (Å²) in [5, 5.41) is 2.92. The summed E-state index contributed by atoms with van der Waals surface area (Å²) >= 11 is 0. The van der Waals surface area contributed by atoms with Crippen molar-refractivity contribution in [2.75, 3.05) is 26.6 Å². The summed E-state index contributed by atoms with van der Waals surface area (Å²) in [6, 6.07) is 11.8. The number of para-hydroxylation sites is 1. The van der Waals surface area contributed by atoms with Gasteiger partial charge in [-0.2, -0.15) is 0 Å². The summed E-state index contributed by atoms with van der Waals surface area (Å²) in [7, 11) is 4.35. The Morgan fingerprint density at radius 2 is 1.68 bits per heavy atom. The Kier molecular flexibility index (Phi) is 6.17. The van der Waals surface area contributed by atoms with E-state index in [4.69, 9.17) is 14.2 Å². The highest BCUT2D eigenvalue weighted by molar-refractivity contribution is 6.05. The summed E-state index contributed by atoms with van der Waals surface area (Å²) in [5.41, 5.74) is 1.39. The van der Waals surface area contributed by atoms with Crippen molar-refractivity contribution in [1.29, 1.82) is 0 Å². The van der Waals surface area contributed by atoms with Crippen LogP contribution in [-0.4, -0.2) is 33.1 Å². The first-order chi connectivity index (χ1) is 12.1. The zero-order valence-electron chi connectivity index (χ0n) is 14.2. The zero-order valence-corrected chi connectivity index (χ0v) is 14.2. The number of hydrogen-bond acceptors (Lipinski definition) is 6. The van der Waals surface area contributed by atoms with E-state index >= 15 is 0 Å². The molecule has 0 aliphatic carbocycles. The number of hydrogen-bond donors (Lipinski definition) is 1. The maximum absolute atomic E-state index is 12.3. The minimum Gasteiger partial charge on any atom is -0.493 e. The Labute approximate surface area is 146 Å². The van der Waals surface area contributed by atoms with Crippen LogP contribution in [0.25, 0.3) is 0 Å². The third-order valence-electron chi connectivity index (χ3n) is 3.47. The molecule has 6 heteroatoms. The van der Waals surface area contributed by atoms with E-state index in [1.807, 2.05) is 0 Å². The molecule has 0 aromatic heterocycles. The largest absolute Gasteiger partial charge is 0.493 e. The first-order valence-electron chi connectivity index (χ1n) is 7.47. The molecule has 0 atom stereocenters. The van der Waals surface area contributed by atoms with E-state index in [-0.39, 0.29) is 5.78 Å². The van der Waals surface area contributed by atoms with Crippen LogP contribution in [0.3, 0.4) is 0 Å². The van der Waals surface area contributed by atoms with Crippen molar-refractivity contribution in [3.63, 3.8) is 0 Å². The van der Waals surface area contributed by atoms with Gasteiger partial charge in [0.25, 0.3) is 0 Å². The average Bonchev–Trinajstić information content (AvgIpc) is 2.67. The van der Waals surface area contributed by atoms with Crippen molar-refractivity contribution in [2.45, 2.75) is 0 Å². The second-order valence-electron chi connectivity index (χ2n) is 4.95. The highest BCUT2D eigenvalue weighted by Gasteiger charge is 2.11. The van der Waals surface area contributed by atoms with E-state index in [2.05, 4.69) is 5.32 Å². The topological polar surface area (TPSA) is 73.9 Å². The summed E-state index contributed by atoms with van der Waals surface area (Å²) in [5.74, 6) is 0.352. The Morgan fingerprint density at radius 3 is 2.36 bits per heavy atom. The minimum atomic E-state index is -0.456. The lowest BCUT2D eigenvalue weighted by Crippen LogP contribution is -2.05. The molecule has 2 aromatic rings. The molecule has 2 aromatic carbocycles. The highest BCUT2D eigenvalue weighted by atomic mass is 16.5. The Morgan fingerprint density at radius 1 is 0.960 bits per heavy atom. The van der Waals surface area contributed by atoms with Gasteiger partial charge in [0, 0.05) is 17.8 Å². The van der Waals surface area contributed by atoms with Crippen LogP contribution in [0, 0.1) is 0 Å². The number of anilines is 1. The Bertz CT molecular complexity index is 798. The number of esters is 1. The molecule has 0 heterocycles. The lowest BCUT2D eigenvalue weighted by molar-refractivity contribution is 0.0601. The molecular formula is C19H19NO5. The third-order valence-corrected chi connectivity index (χ3v) is 3.47. The van der Waals surface area contributed by atoms with Gasteiger partial charge >= 0.3 is 5.97 Å². The fraction of sp³-hybridized carbons (Fsp3) is 0.158. The minimum absolute atomic E-state index is 0.219. The molecule has 0 saturated heterocycles. The second kappa shape index (κ2) is 8.54. The lowest BCUT2D eigenvalue weighted by Gasteiger charge is -2.08. The lowest BCUT2D eigenvalue weighted by atomic mass is 10.1. The number of carbonyl (C=O) groups is 2. The molecule has 0 spiro atoms. The van der Waals surface area contributed by atoms with Crippen molar-refractivity contribution in [1.82, 2.24) is 0 Å². The molecule has 0 saturated carbocycles. The number of allylic oxidation sites excluding steroid dienone is 1. The molecule has 130 valence electrons. The van der Waals surface area contributed by atoms with Crippen LogP contribution >= 0.6 is 0 Å². The molecule has 0 aliphatic heterocycles. The fourth-order valence-corrected chi connectivity index (χ4v) is 2.19. The monoisotopic (exact) mass is 341 g/mol. The van der Waals surface area contributed by atoms with Crippen molar-refractivity contribution in [3.8, 4) is 11.5 Å². The van der Waals surface area contributed by atoms with Crippen molar-refractivity contribution >= 4 is 17.4 Å². The van der Waals surface area contributed by atoms with E-state index < -0.39 is 5.97 Å². The van der Waals surface area contributed by atoms with Crippen LogP contribution in [-0.2, 0) is 4.74 Å². The predicted molar refractivity (Wildman–Crippen MR) is 94.4 cm³/mol. The van der Waals surface area contributed by atoms with Gasteiger partial charge in [0.15, 0.2) is 17.3 Å². The summed E-state index contributed by atoms with van der Waals surface area (Å²) < 4.78 is 15.1. The number of ether oxygens (including phenoxy) is 3. The molecule has 0 aliphatic rings. The van der Waals surface area contributed by atoms with Crippen LogP contribution in [0.4, 0.5) is 5.69 Å². The van der Waals surface area contributed by atoms with Crippen LogP contribution in [0.2, 0.25) is 0 Å². The standard InChI is InChI=1S/C19H19NO5/c1-23-17-9-8-13(12-18(17)24-2)16(21)10-11-20-15-7-5-4-6-14(15)19(22)25-3/h4-12,20H,1-3H3/b11-10+. The van der Waals surface area contributed by atoms with Crippen molar-refractivity contribution in [3.05, 3.63) is 65.9 Å². The summed E-state index contributed by atoms with van der Waals surface area (Å²) in [6.45, 7) is 0. The van der Waals surface area contributed by atoms with E-state index in [9.17, 15) is 9.59 Å². The van der Waals surface area contributed by atoms with Crippen LogP contribution in [0.1, 0.15) is 20.7 Å². The Hall–Kier alpha value is -3.28. The first-order valence-corrected chi connectivity index (χ1v) is 7.47. The molecule has 0 unspecified atom stereocenters. The van der Waals surface area contributed by atoms with Gasteiger partial charge in [0.2, 0.25) is 0 Å². The molecule has 2 rings (SSSR count). The molecule has 25 heavy (non-hydrogen) atoms. The normalized spacial score (nSPS) is 10.4. The van der Waals surface area contributed by atoms with Crippen molar-refractivity contribution in [2.24, 2.45) is 0 Å². The zero-order chi connectivity index (χ0) is 18.2. The van der Waals surface area contributed by atoms with E-state index in [1.54, 1.807) is 42.5 Å². The number of ketones is 1. The molecule has 0 radical (unpaired) electrons. The van der Waals surface area contributed by atoms with Crippen LogP contribution in [0.5, 0.6) is 11.5 Å². The first kappa shape index (κ1) is 18.1. The van der Waals surface area contributed by atoms with Gasteiger partial charge in [-0.15, -0.1) is 0 Å². The Balaban J connectivity index is 2.13. The molecule has 6 nitrogen and oxygen atoms in total. The van der Waals surface area contributed by atoms with Gasteiger partial charge in [0.05, 0.1) is 32.6 Å². The third kappa shape index (κ3) is 4.38. The highest BCUT2D eigenvalue weighted by Crippen LogP contribution is 2.27. The van der Waals surface area contributed by atoms with Crippen LogP contribution < -0.4 is 14.8 Å². The fourth-order valence-electron chi connectivity index (χ4n) is 2.19. The van der Waals surface area contributed by atoms with Crippen molar-refractivity contribution < 1.29 is 23.8 Å². The number of rotatable bonds is 7. The van der Waals surface area contributed by atoms with Crippen LogP contribution in [0.15, 0.2) is 54.7 Å². The maximum atomic E-state index is 12.3.